The molecule has 11 heteroatoms. The average Bonchev–Trinajstić information content (AvgIpc) is 3.65. The van der Waals surface area contributed by atoms with Gasteiger partial charge in [-0.05, 0) is 55.7 Å². The van der Waals surface area contributed by atoms with Crippen molar-refractivity contribution < 1.29 is 29.0 Å². The lowest BCUT2D eigenvalue weighted by atomic mass is 9.84. The van der Waals surface area contributed by atoms with Gasteiger partial charge in [0.1, 0.15) is 12.6 Å². The Hall–Kier alpha value is -2.85. The Labute approximate surface area is 233 Å². The highest BCUT2D eigenvalue weighted by molar-refractivity contribution is 6.30. The lowest BCUT2D eigenvalue weighted by Gasteiger charge is -2.30. The summed E-state index contributed by atoms with van der Waals surface area (Å²) in [6, 6.07) is 5.09. The highest BCUT2D eigenvalue weighted by atomic mass is 35.5. The van der Waals surface area contributed by atoms with Crippen LogP contribution in [0.15, 0.2) is 24.3 Å². The number of ether oxygens (including phenoxy) is 1. The number of alkyl carbamates (subject to hydrolysis) is 1. The van der Waals surface area contributed by atoms with Crippen molar-refractivity contribution in [1.82, 2.24) is 21.3 Å². The Morgan fingerprint density at radius 3 is 2.46 bits per heavy atom. The Bertz CT molecular complexity index is 1030. The van der Waals surface area contributed by atoms with E-state index in [0.29, 0.717) is 30.0 Å². The van der Waals surface area contributed by atoms with Gasteiger partial charge in [0.25, 0.3) is 5.91 Å². The number of nitrogens with one attached hydrogen (secondary N) is 4. The van der Waals surface area contributed by atoms with E-state index in [0.717, 1.165) is 44.9 Å². The second-order valence-electron chi connectivity index (χ2n) is 11.0. The summed E-state index contributed by atoms with van der Waals surface area (Å²) in [7, 11) is 0. The molecule has 1 aromatic rings. The van der Waals surface area contributed by atoms with Crippen molar-refractivity contribution in [3.8, 4) is 0 Å². The van der Waals surface area contributed by atoms with Crippen molar-refractivity contribution in [3.63, 3.8) is 0 Å². The summed E-state index contributed by atoms with van der Waals surface area (Å²) in [6.45, 7) is 0.502. The molecule has 0 bridgehead atoms. The van der Waals surface area contributed by atoms with Gasteiger partial charge in [-0.2, -0.15) is 0 Å². The molecule has 0 aromatic heterocycles. The molecule has 10 nitrogen and oxygen atoms in total. The number of rotatable bonds is 12. The van der Waals surface area contributed by atoms with E-state index in [1.54, 1.807) is 24.3 Å². The molecule has 2 saturated carbocycles. The molecule has 1 aliphatic heterocycles. The van der Waals surface area contributed by atoms with E-state index in [2.05, 4.69) is 21.3 Å². The normalized spacial score (nSPS) is 21.8. The van der Waals surface area contributed by atoms with Crippen LogP contribution in [0, 0.1) is 11.8 Å². The molecule has 3 fully saturated rings. The number of benzene rings is 1. The fourth-order valence-electron chi connectivity index (χ4n) is 5.37. The van der Waals surface area contributed by atoms with Gasteiger partial charge in [0, 0.05) is 23.5 Å². The van der Waals surface area contributed by atoms with Gasteiger partial charge in [-0.15, -0.1) is 0 Å². The van der Waals surface area contributed by atoms with Crippen LogP contribution in [0.4, 0.5) is 4.79 Å². The van der Waals surface area contributed by atoms with Crippen LogP contribution in [0.1, 0.15) is 69.8 Å². The minimum absolute atomic E-state index is 0.0103. The average molecular weight is 563 g/mol. The summed E-state index contributed by atoms with van der Waals surface area (Å²) >= 11 is 6.01. The van der Waals surface area contributed by atoms with E-state index in [4.69, 9.17) is 16.3 Å². The van der Waals surface area contributed by atoms with E-state index < -0.39 is 42.0 Å². The van der Waals surface area contributed by atoms with Crippen LogP contribution in [0.2, 0.25) is 5.02 Å². The highest BCUT2D eigenvalue weighted by Crippen LogP contribution is 2.28. The number of aliphatic hydroxyl groups excluding tert-OH is 1. The number of carbonyl (C=O) groups is 4. The monoisotopic (exact) mass is 562 g/mol. The standard InChI is InChI=1S/C28H39ClN4O6/c29-20-8-4-7-18(13-20)16-39-28(38)33-23(14-17-5-2-1-3-6-17)26(36)32-22(15-19-11-12-30-25(19)35)24(34)27(37)31-21-9-10-21/h4,7-8,13,17,19,21-24,34H,1-3,5-6,9-12,14-16H2,(H,30,35)(H,31,37)(H,32,36)(H,33,38)/t19-,22-,23-,24?/m0/s1. The molecule has 1 heterocycles. The van der Waals surface area contributed by atoms with Crippen molar-refractivity contribution in [2.45, 2.75) is 95.0 Å². The van der Waals surface area contributed by atoms with E-state index in [1.165, 1.54) is 0 Å². The quantitative estimate of drug-likeness (QED) is 0.265. The van der Waals surface area contributed by atoms with Crippen LogP contribution >= 0.6 is 11.6 Å². The summed E-state index contributed by atoms with van der Waals surface area (Å²) < 4.78 is 5.36. The fourth-order valence-corrected chi connectivity index (χ4v) is 5.58. The molecule has 4 amide bonds. The van der Waals surface area contributed by atoms with Crippen LogP contribution in [0.5, 0.6) is 0 Å². The third-order valence-corrected chi connectivity index (χ3v) is 8.00. The molecule has 5 N–H and O–H groups in total. The topological polar surface area (TPSA) is 146 Å². The zero-order valence-corrected chi connectivity index (χ0v) is 22.9. The number of hydrogen-bond donors (Lipinski definition) is 5. The van der Waals surface area contributed by atoms with Gasteiger partial charge in [0.2, 0.25) is 11.8 Å². The van der Waals surface area contributed by atoms with Crippen molar-refractivity contribution in [2.24, 2.45) is 11.8 Å². The lowest BCUT2D eigenvalue weighted by Crippen LogP contribution is -2.56. The fraction of sp³-hybridized carbons (Fsp3) is 0.643. The maximum Gasteiger partial charge on any atom is 0.408 e. The first-order chi connectivity index (χ1) is 18.8. The summed E-state index contributed by atoms with van der Waals surface area (Å²) in [5, 5.41) is 22.4. The first-order valence-corrected chi connectivity index (χ1v) is 14.4. The maximum absolute atomic E-state index is 13.6. The van der Waals surface area contributed by atoms with Crippen molar-refractivity contribution >= 4 is 35.4 Å². The lowest BCUT2D eigenvalue weighted by molar-refractivity contribution is -0.134. The zero-order valence-electron chi connectivity index (χ0n) is 22.1. The number of carbonyl (C=O) groups excluding carboxylic acids is 4. The molecular formula is C28H39ClN4O6. The van der Waals surface area contributed by atoms with Gasteiger partial charge in [-0.3, -0.25) is 14.4 Å². The van der Waals surface area contributed by atoms with Crippen molar-refractivity contribution in [2.75, 3.05) is 6.54 Å². The van der Waals surface area contributed by atoms with E-state index in [-0.39, 0.29) is 30.9 Å². The Morgan fingerprint density at radius 2 is 1.79 bits per heavy atom. The number of aliphatic hydroxyl groups is 1. The predicted molar refractivity (Wildman–Crippen MR) is 145 cm³/mol. The second-order valence-corrected chi connectivity index (χ2v) is 11.4. The number of halogens is 1. The van der Waals surface area contributed by atoms with Gasteiger partial charge in [0.05, 0.1) is 6.04 Å². The van der Waals surface area contributed by atoms with Crippen LogP contribution < -0.4 is 21.3 Å². The summed E-state index contributed by atoms with van der Waals surface area (Å²) in [4.78, 5) is 51.2. The molecule has 39 heavy (non-hydrogen) atoms. The molecule has 1 aromatic carbocycles. The maximum atomic E-state index is 13.6. The Balaban J connectivity index is 1.43. The highest BCUT2D eigenvalue weighted by Gasteiger charge is 2.37. The van der Waals surface area contributed by atoms with Crippen LogP contribution in [-0.4, -0.2) is 59.7 Å². The summed E-state index contributed by atoms with van der Waals surface area (Å²) in [5.74, 6) is -1.41. The molecule has 1 saturated heterocycles. The molecule has 3 aliphatic rings. The first-order valence-electron chi connectivity index (χ1n) is 14.0. The third kappa shape index (κ3) is 9.10. The van der Waals surface area contributed by atoms with Crippen LogP contribution in [0.3, 0.4) is 0 Å². The first kappa shape index (κ1) is 29.1. The van der Waals surface area contributed by atoms with Gasteiger partial charge in [-0.25, -0.2) is 4.79 Å². The molecule has 1 unspecified atom stereocenters. The largest absolute Gasteiger partial charge is 0.445 e. The van der Waals surface area contributed by atoms with E-state index >= 15 is 0 Å². The molecule has 214 valence electrons. The summed E-state index contributed by atoms with van der Waals surface area (Å²) in [5.41, 5.74) is 0.714. The van der Waals surface area contributed by atoms with Gasteiger partial charge in [-0.1, -0.05) is 55.8 Å². The molecule has 0 radical (unpaired) electrons. The Kier molecular flexibility index (Phi) is 10.4. The van der Waals surface area contributed by atoms with Gasteiger partial charge < -0.3 is 31.1 Å². The van der Waals surface area contributed by atoms with Crippen LogP contribution in [-0.2, 0) is 25.7 Å². The number of amides is 4. The van der Waals surface area contributed by atoms with Crippen molar-refractivity contribution in [1.29, 1.82) is 0 Å². The second kappa shape index (κ2) is 14.0. The minimum atomic E-state index is -1.52. The van der Waals surface area contributed by atoms with Crippen LogP contribution in [0.25, 0.3) is 0 Å². The third-order valence-electron chi connectivity index (χ3n) is 7.76. The molecule has 4 atom stereocenters. The van der Waals surface area contributed by atoms with Gasteiger partial charge in [0.15, 0.2) is 6.10 Å². The minimum Gasteiger partial charge on any atom is -0.445 e. The van der Waals surface area contributed by atoms with Crippen molar-refractivity contribution in [3.05, 3.63) is 34.9 Å². The smallest absolute Gasteiger partial charge is 0.408 e. The van der Waals surface area contributed by atoms with E-state index in [1.807, 2.05) is 0 Å². The number of hydrogen-bond acceptors (Lipinski definition) is 6. The molecule has 2 aliphatic carbocycles. The van der Waals surface area contributed by atoms with Gasteiger partial charge >= 0.3 is 6.09 Å². The SMILES string of the molecule is O=C(N[C@@H](CC1CCCCC1)C(=O)N[C@@H](C[C@@H]1CCNC1=O)C(O)C(=O)NC1CC1)OCc1cccc(Cl)c1. The Morgan fingerprint density at radius 1 is 1.03 bits per heavy atom. The zero-order chi connectivity index (χ0) is 27.8. The predicted octanol–water partition coefficient (Wildman–Crippen LogP) is 2.56. The molecule has 4 rings (SSSR count). The molecular weight excluding hydrogens is 524 g/mol. The van der Waals surface area contributed by atoms with E-state index in [9.17, 15) is 24.3 Å². The molecule has 0 spiro atoms. The summed E-state index contributed by atoms with van der Waals surface area (Å²) in [6.07, 6.45) is 5.73.